The highest BCUT2D eigenvalue weighted by Gasteiger charge is 2.25. The molecule has 0 atom stereocenters. The minimum Gasteiger partial charge on any atom is -0.480 e. The molecule has 0 unspecified atom stereocenters. The summed E-state index contributed by atoms with van der Waals surface area (Å²) < 4.78 is 39.6. The first-order valence-corrected chi connectivity index (χ1v) is 4.94. The standard InChI is InChI=1S/C9H14F3NO4/c10-9(11,12)3-1-2-4-13-7(14)5-17-6-8(15)16/h1-6H2,(H,13,14)(H,15,16). The summed E-state index contributed by atoms with van der Waals surface area (Å²) in [6.07, 6.45) is -4.89. The number of carboxylic acids is 1. The molecule has 5 nitrogen and oxygen atoms in total. The predicted molar refractivity (Wildman–Crippen MR) is 51.4 cm³/mol. The molecule has 0 aromatic carbocycles. The van der Waals surface area contributed by atoms with Crippen molar-refractivity contribution < 1.29 is 32.6 Å². The number of rotatable bonds is 8. The van der Waals surface area contributed by atoms with Gasteiger partial charge >= 0.3 is 12.1 Å². The van der Waals surface area contributed by atoms with E-state index in [1.807, 2.05) is 0 Å². The molecular weight excluding hydrogens is 243 g/mol. The highest BCUT2D eigenvalue weighted by Crippen LogP contribution is 2.21. The number of alkyl halides is 3. The highest BCUT2D eigenvalue weighted by atomic mass is 19.4. The lowest BCUT2D eigenvalue weighted by atomic mass is 10.2. The van der Waals surface area contributed by atoms with Gasteiger partial charge in [-0.1, -0.05) is 0 Å². The molecule has 0 aliphatic rings. The van der Waals surface area contributed by atoms with E-state index in [0.29, 0.717) is 0 Å². The number of hydrogen-bond donors (Lipinski definition) is 2. The fourth-order valence-electron chi connectivity index (χ4n) is 0.960. The van der Waals surface area contributed by atoms with Crippen LogP contribution >= 0.6 is 0 Å². The average molecular weight is 257 g/mol. The van der Waals surface area contributed by atoms with Crippen LogP contribution < -0.4 is 5.32 Å². The SMILES string of the molecule is O=C(O)COCC(=O)NCCCCC(F)(F)F. The number of carbonyl (C=O) groups excluding carboxylic acids is 1. The van der Waals surface area contributed by atoms with Gasteiger partial charge < -0.3 is 15.2 Å². The van der Waals surface area contributed by atoms with Crippen molar-refractivity contribution in [3.8, 4) is 0 Å². The van der Waals surface area contributed by atoms with E-state index in [4.69, 9.17) is 5.11 Å². The van der Waals surface area contributed by atoms with Gasteiger partial charge in [0.1, 0.15) is 13.2 Å². The third kappa shape index (κ3) is 12.6. The quantitative estimate of drug-likeness (QED) is 0.634. The van der Waals surface area contributed by atoms with Crippen molar-refractivity contribution >= 4 is 11.9 Å². The molecule has 0 spiro atoms. The maximum atomic E-state index is 11.7. The summed E-state index contributed by atoms with van der Waals surface area (Å²) in [5.41, 5.74) is 0. The van der Waals surface area contributed by atoms with Crippen LogP contribution in [0.2, 0.25) is 0 Å². The van der Waals surface area contributed by atoms with E-state index in [2.05, 4.69) is 10.1 Å². The van der Waals surface area contributed by atoms with Crippen LogP contribution in [0.4, 0.5) is 13.2 Å². The first-order valence-electron chi connectivity index (χ1n) is 4.94. The van der Waals surface area contributed by atoms with E-state index < -0.39 is 37.7 Å². The molecule has 0 aliphatic heterocycles. The number of hydrogen-bond acceptors (Lipinski definition) is 3. The smallest absolute Gasteiger partial charge is 0.389 e. The molecule has 100 valence electrons. The zero-order valence-corrected chi connectivity index (χ0v) is 9.05. The Morgan fingerprint density at radius 3 is 2.35 bits per heavy atom. The van der Waals surface area contributed by atoms with Crippen molar-refractivity contribution in [1.29, 1.82) is 0 Å². The van der Waals surface area contributed by atoms with Gasteiger partial charge in [-0.2, -0.15) is 13.2 Å². The third-order valence-corrected chi connectivity index (χ3v) is 1.67. The van der Waals surface area contributed by atoms with Gasteiger partial charge in [-0.25, -0.2) is 4.79 Å². The fourth-order valence-corrected chi connectivity index (χ4v) is 0.960. The van der Waals surface area contributed by atoms with Crippen molar-refractivity contribution in [2.45, 2.75) is 25.4 Å². The normalized spacial score (nSPS) is 11.2. The zero-order chi connectivity index (χ0) is 13.3. The van der Waals surface area contributed by atoms with Gasteiger partial charge in [-0.05, 0) is 12.8 Å². The summed E-state index contributed by atoms with van der Waals surface area (Å²) in [6.45, 7) is -0.877. The van der Waals surface area contributed by atoms with Crippen molar-refractivity contribution in [3.05, 3.63) is 0 Å². The van der Waals surface area contributed by atoms with Crippen molar-refractivity contribution in [2.75, 3.05) is 19.8 Å². The Kier molecular flexibility index (Phi) is 7.27. The molecule has 0 aliphatic carbocycles. The molecule has 0 rings (SSSR count). The summed E-state index contributed by atoms with van der Waals surface area (Å²) in [7, 11) is 0. The Balaban J connectivity index is 3.37. The predicted octanol–water partition coefficient (Wildman–Crippen LogP) is 0.936. The number of aliphatic carboxylic acids is 1. The van der Waals surface area contributed by atoms with E-state index in [0.717, 1.165) is 0 Å². The fraction of sp³-hybridized carbons (Fsp3) is 0.778. The number of amides is 1. The van der Waals surface area contributed by atoms with Gasteiger partial charge in [0.15, 0.2) is 0 Å². The number of nitrogens with one attached hydrogen (secondary N) is 1. The van der Waals surface area contributed by atoms with Crippen LogP contribution in [0, 0.1) is 0 Å². The molecule has 1 amide bonds. The molecule has 0 saturated heterocycles. The van der Waals surface area contributed by atoms with E-state index in [1.165, 1.54) is 0 Å². The van der Waals surface area contributed by atoms with Crippen molar-refractivity contribution in [3.63, 3.8) is 0 Å². The summed E-state index contributed by atoms with van der Waals surface area (Å²) in [4.78, 5) is 20.9. The van der Waals surface area contributed by atoms with E-state index >= 15 is 0 Å². The lowest BCUT2D eigenvalue weighted by molar-refractivity contribution is -0.143. The number of unbranched alkanes of at least 4 members (excludes halogenated alkanes) is 1. The molecule has 0 fully saturated rings. The van der Waals surface area contributed by atoms with E-state index in [9.17, 15) is 22.8 Å². The van der Waals surface area contributed by atoms with E-state index in [-0.39, 0.29) is 19.4 Å². The van der Waals surface area contributed by atoms with Gasteiger partial charge in [-0.3, -0.25) is 4.79 Å². The minimum atomic E-state index is -4.17. The van der Waals surface area contributed by atoms with Crippen LogP contribution in [0.3, 0.4) is 0 Å². The number of halogens is 3. The Morgan fingerprint density at radius 1 is 1.18 bits per heavy atom. The first kappa shape index (κ1) is 15.7. The Labute approximate surface area is 95.9 Å². The Bertz CT molecular complexity index is 255. The largest absolute Gasteiger partial charge is 0.480 e. The second-order valence-corrected chi connectivity index (χ2v) is 3.31. The van der Waals surface area contributed by atoms with Gasteiger partial charge in [0.05, 0.1) is 0 Å². The van der Waals surface area contributed by atoms with Gasteiger partial charge in [-0.15, -0.1) is 0 Å². The molecule has 0 aromatic heterocycles. The van der Waals surface area contributed by atoms with Crippen LogP contribution in [0.25, 0.3) is 0 Å². The number of carbonyl (C=O) groups is 2. The maximum absolute atomic E-state index is 11.7. The molecule has 0 heterocycles. The average Bonchev–Trinajstić information content (AvgIpc) is 2.14. The monoisotopic (exact) mass is 257 g/mol. The number of ether oxygens (including phenoxy) is 1. The zero-order valence-electron chi connectivity index (χ0n) is 9.05. The summed E-state index contributed by atoms with van der Waals surface area (Å²) in [6, 6.07) is 0. The van der Waals surface area contributed by atoms with Gasteiger partial charge in [0.2, 0.25) is 5.91 Å². The lowest BCUT2D eigenvalue weighted by Gasteiger charge is -2.07. The Morgan fingerprint density at radius 2 is 1.82 bits per heavy atom. The van der Waals surface area contributed by atoms with Crippen molar-refractivity contribution in [2.24, 2.45) is 0 Å². The molecule has 8 heteroatoms. The van der Waals surface area contributed by atoms with Gasteiger partial charge in [0.25, 0.3) is 0 Å². The molecule has 0 saturated carbocycles. The van der Waals surface area contributed by atoms with Crippen LogP contribution in [0.1, 0.15) is 19.3 Å². The van der Waals surface area contributed by atoms with Crippen LogP contribution in [-0.2, 0) is 14.3 Å². The van der Waals surface area contributed by atoms with Crippen LogP contribution in [-0.4, -0.2) is 42.9 Å². The van der Waals surface area contributed by atoms with Gasteiger partial charge in [0, 0.05) is 13.0 Å². The van der Waals surface area contributed by atoms with Crippen LogP contribution in [0.5, 0.6) is 0 Å². The second kappa shape index (κ2) is 7.88. The minimum absolute atomic E-state index is 0.0558. The third-order valence-electron chi connectivity index (χ3n) is 1.67. The topological polar surface area (TPSA) is 75.6 Å². The summed E-state index contributed by atoms with van der Waals surface area (Å²) in [5.74, 6) is -1.73. The second-order valence-electron chi connectivity index (χ2n) is 3.31. The maximum Gasteiger partial charge on any atom is 0.389 e. The molecule has 2 N–H and O–H groups in total. The van der Waals surface area contributed by atoms with Crippen LogP contribution in [0.15, 0.2) is 0 Å². The van der Waals surface area contributed by atoms with Crippen molar-refractivity contribution in [1.82, 2.24) is 5.32 Å². The first-order chi connectivity index (χ1) is 7.81. The molecule has 17 heavy (non-hydrogen) atoms. The summed E-state index contributed by atoms with van der Waals surface area (Å²) >= 11 is 0. The lowest BCUT2D eigenvalue weighted by Crippen LogP contribution is -2.29. The highest BCUT2D eigenvalue weighted by molar-refractivity contribution is 5.77. The Hall–Kier alpha value is -1.31. The number of carboxylic acid groups (broad SMARTS) is 1. The molecule has 0 aromatic rings. The van der Waals surface area contributed by atoms with E-state index in [1.54, 1.807) is 0 Å². The molecular formula is C9H14F3NO4. The molecule has 0 bridgehead atoms. The molecule has 0 radical (unpaired) electrons. The summed E-state index contributed by atoms with van der Waals surface area (Å²) in [5, 5.41) is 10.5.